The Labute approximate surface area is 87.5 Å². The highest BCUT2D eigenvalue weighted by Crippen LogP contribution is 2.07. The summed E-state index contributed by atoms with van der Waals surface area (Å²) >= 11 is 0. The van der Waals surface area contributed by atoms with Crippen LogP contribution in [-0.4, -0.2) is 48.3 Å². The normalized spacial score (nSPS) is 24.4. The molecule has 0 spiro atoms. The highest BCUT2D eigenvalue weighted by Gasteiger charge is 2.17. The molecule has 1 heterocycles. The molecule has 1 aliphatic rings. The van der Waals surface area contributed by atoms with Crippen LogP contribution >= 0.6 is 0 Å². The van der Waals surface area contributed by atoms with E-state index in [9.17, 15) is 5.11 Å². The number of aliphatic hydroxyl groups is 1. The fourth-order valence-electron chi connectivity index (χ4n) is 2.17. The first-order valence-electron chi connectivity index (χ1n) is 5.86. The van der Waals surface area contributed by atoms with Crippen LogP contribution in [0.1, 0.15) is 33.1 Å². The summed E-state index contributed by atoms with van der Waals surface area (Å²) in [7, 11) is 0. The molecule has 0 radical (unpaired) electrons. The van der Waals surface area contributed by atoms with E-state index in [4.69, 9.17) is 0 Å². The van der Waals surface area contributed by atoms with Crippen LogP contribution in [0.5, 0.6) is 0 Å². The second-order valence-electron chi connectivity index (χ2n) is 4.40. The molecule has 1 aliphatic heterocycles. The second-order valence-corrected chi connectivity index (χ2v) is 4.40. The lowest BCUT2D eigenvalue weighted by molar-refractivity contribution is 0.121. The number of nitrogens with one attached hydrogen (secondary N) is 1. The summed E-state index contributed by atoms with van der Waals surface area (Å²) < 4.78 is 0. The number of hydrogen-bond donors (Lipinski definition) is 2. The average molecular weight is 200 g/mol. The van der Waals surface area contributed by atoms with Gasteiger partial charge in [-0.05, 0) is 39.3 Å². The molecule has 0 bridgehead atoms. The standard InChI is InChI=1S/C11H24N2O/c1-3-7-13(8-10(2)14)9-11-5-4-6-12-11/h10-12,14H,3-9H2,1-2H3. The van der Waals surface area contributed by atoms with Gasteiger partial charge in [-0.2, -0.15) is 0 Å². The van der Waals surface area contributed by atoms with Gasteiger partial charge < -0.3 is 10.4 Å². The lowest BCUT2D eigenvalue weighted by atomic mass is 10.2. The predicted molar refractivity (Wildman–Crippen MR) is 59.4 cm³/mol. The Hall–Kier alpha value is -0.120. The maximum atomic E-state index is 9.36. The van der Waals surface area contributed by atoms with E-state index in [1.807, 2.05) is 6.92 Å². The molecule has 0 amide bonds. The molecule has 2 unspecified atom stereocenters. The highest BCUT2D eigenvalue weighted by molar-refractivity contribution is 4.78. The summed E-state index contributed by atoms with van der Waals surface area (Å²) in [5.41, 5.74) is 0. The third kappa shape index (κ3) is 4.40. The first-order valence-corrected chi connectivity index (χ1v) is 5.86. The Morgan fingerprint density at radius 2 is 2.36 bits per heavy atom. The minimum absolute atomic E-state index is 0.206. The van der Waals surface area contributed by atoms with Crippen molar-refractivity contribution in [3.8, 4) is 0 Å². The van der Waals surface area contributed by atoms with Gasteiger partial charge in [0, 0.05) is 19.1 Å². The Morgan fingerprint density at radius 3 is 2.86 bits per heavy atom. The zero-order valence-electron chi connectivity index (χ0n) is 9.50. The summed E-state index contributed by atoms with van der Waals surface area (Å²) in [6.45, 7) is 8.23. The zero-order valence-corrected chi connectivity index (χ0v) is 9.50. The van der Waals surface area contributed by atoms with Crippen molar-refractivity contribution in [2.75, 3.05) is 26.2 Å². The van der Waals surface area contributed by atoms with Crippen LogP contribution in [0.4, 0.5) is 0 Å². The predicted octanol–water partition coefficient (Wildman–Crippen LogP) is 0.831. The lowest BCUT2D eigenvalue weighted by Crippen LogP contribution is -2.41. The van der Waals surface area contributed by atoms with Crippen LogP contribution in [0.25, 0.3) is 0 Å². The molecule has 14 heavy (non-hydrogen) atoms. The van der Waals surface area contributed by atoms with Crippen LogP contribution < -0.4 is 5.32 Å². The lowest BCUT2D eigenvalue weighted by Gasteiger charge is -2.26. The molecule has 3 heteroatoms. The van der Waals surface area contributed by atoms with Gasteiger partial charge >= 0.3 is 0 Å². The first kappa shape index (κ1) is 12.0. The summed E-state index contributed by atoms with van der Waals surface area (Å²) in [6, 6.07) is 0.653. The molecule has 84 valence electrons. The minimum Gasteiger partial charge on any atom is -0.392 e. The van der Waals surface area contributed by atoms with Crippen molar-refractivity contribution in [2.45, 2.75) is 45.3 Å². The molecule has 0 aliphatic carbocycles. The Morgan fingerprint density at radius 1 is 1.57 bits per heavy atom. The topological polar surface area (TPSA) is 35.5 Å². The van der Waals surface area contributed by atoms with Crippen LogP contribution in [0.2, 0.25) is 0 Å². The van der Waals surface area contributed by atoms with Gasteiger partial charge in [-0.15, -0.1) is 0 Å². The van der Waals surface area contributed by atoms with E-state index in [-0.39, 0.29) is 6.10 Å². The van der Waals surface area contributed by atoms with E-state index in [2.05, 4.69) is 17.1 Å². The largest absolute Gasteiger partial charge is 0.392 e. The van der Waals surface area contributed by atoms with Crippen molar-refractivity contribution in [3.05, 3.63) is 0 Å². The molecule has 0 aromatic heterocycles. The van der Waals surface area contributed by atoms with E-state index < -0.39 is 0 Å². The molecule has 0 saturated carbocycles. The number of rotatable bonds is 6. The fourth-order valence-corrected chi connectivity index (χ4v) is 2.17. The summed E-state index contributed by atoms with van der Waals surface area (Å²) in [4.78, 5) is 2.37. The van der Waals surface area contributed by atoms with Crippen molar-refractivity contribution in [3.63, 3.8) is 0 Å². The molecule has 1 fully saturated rings. The number of nitrogens with zero attached hydrogens (tertiary/aromatic N) is 1. The van der Waals surface area contributed by atoms with E-state index in [1.165, 1.54) is 25.8 Å². The summed E-state index contributed by atoms with van der Waals surface area (Å²) in [6.07, 6.45) is 3.56. The monoisotopic (exact) mass is 200 g/mol. The van der Waals surface area contributed by atoms with Crippen LogP contribution in [0.15, 0.2) is 0 Å². The van der Waals surface area contributed by atoms with E-state index in [1.54, 1.807) is 0 Å². The second kappa shape index (κ2) is 6.38. The Bertz CT molecular complexity index is 144. The Kier molecular flexibility index (Phi) is 5.45. The molecular weight excluding hydrogens is 176 g/mol. The van der Waals surface area contributed by atoms with E-state index >= 15 is 0 Å². The molecule has 1 rings (SSSR count). The van der Waals surface area contributed by atoms with Gasteiger partial charge in [0.1, 0.15) is 0 Å². The van der Waals surface area contributed by atoms with Gasteiger partial charge in [-0.1, -0.05) is 6.92 Å². The van der Waals surface area contributed by atoms with Gasteiger partial charge in [-0.3, -0.25) is 4.90 Å². The molecule has 1 saturated heterocycles. The van der Waals surface area contributed by atoms with Gasteiger partial charge in [0.05, 0.1) is 6.10 Å². The van der Waals surface area contributed by atoms with Crippen molar-refractivity contribution >= 4 is 0 Å². The molecule has 0 aromatic carbocycles. The quantitative estimate of drug-likeness (QED) is 0.667. The van der Waals surface area contributed by atoms with Crippen molar-refractivity contribution < 1.29 is 5.11 Å². The van der Waals surface area contributed by atoms with Crippen molar-refractivity contribution in [1.29, 1.82) is 0 Å². The molecule has 2 N–H and O–H groups in total. The smallest absolute Gasteiger partial charge is 0.0639 e. The summed E-state index contributed by atoms with van der Waals surface area (Å²) in [5.74, 6) is 0. The third-order valence-corrected chi connectivity index (χ3v) is 2.70. The van der Waals surface area contributed by atoms with Crippen molar-refractivity contribution in [1.82, 2.24) is 10.2 Å². The minimum atomic E-state index is -0.206. The summed E-state index contributed by atoms with van der Waals surface area (Å²) in [5, 5.41) is 12.9. The van der Waals surface area contributed by atoms with Gasteiger partial charge in [0.15, 0.2) is 0 Å². The zero-order chi connectivity index (χ0) is 10.4. The number of aliphatic hydroxyl groups excluding tert-OH is 1. The van der Waals surface area contributed by atoms with Gasteiger partial charge in [0.25, 0.3) is 0 Å². The van der Waals surface area contributed by atoms with Crippen LogP contribution in [-0.2, 0) is 0 Å². The van der Waals surface area contributed by atoms with E-state index in [0.29, 0.717) is 6.04 Å². The molecular formula is C11H24N2O. The van der Waals surface area contributed by atoms with E-state index in [0.717, 1.165) is 19.6 Å². The van der Waals surface area contributed by atoms with Gasteiger partial charge in [-0.25, -0.2) is 0 Å². The van der Waals surface area contributed by atoms with Crippen LogP contribution in [0.3, 0.4) is 0 Å². The molecule has 2 atom stereocenters. The van der Waals surface area contributed by atoms with Crippen molar-refractivity contribution in [2.24, 2.45) is 0 Å². The fraction of sp³-hybridized carbons (Fsp3) is 1.00. The molecule has 3 nitrogen and oxygen atoms in total. The average Bonchev–Trinajstić information content (AvgIpc) is 2.56. The maximum absolute atomic E-state index is 9.36. The third-order valence-electron chi connectivity index (χ3n) is 2.70. The molecule has 0 aromatic rings. The Balaban J connectivity index is 2.25. The van der Waals surface area contributed by atoms with Gasteiger partial charge in [0.2, 0.25) is 0 Å². The number of hydrogen-bond acceptors (Lipinski definition) is 3. The SMILES string of the molecule is CCCN(CC(C)O)CC1CCCN1. The highest BCUT2D eigenvalue weighted by atomic mass is 16.3. The van der Waals surface area contributed by atoms with Crippen LogP contribution in [0, 0.1) is 0 Å². The first-order chi connectivity index (χ1) is 6.72. The maximum Gasteiger partial charge on any atom is 0.0639 e.